The van der Waals surface area contributed by atoms with E-state index in [1.54, 1.807) is 11.3 Å². The summed E-state index contributed by atoms with van der Waals surface area (Å²) >= 11 is 8.15. The third-order valence-electron chi connectivity index (χ3n) is 5.24. The molecule has 29 heavy (non-hydrogen) atoms. The number of pyridine rings is 1. The van der Waals surface area contributed by atoms with Crippen molar-refractivity contribution in [3.63, 3.8) is 0 Å². The fourth-order valence-corrected chi connectivity index (χ4v) is 5.46. The maximum atomic E-state index is 6.48. The first-order valence-corrected chi connectivity index (χ1v) is 10.4. The Morgan fingerprint density at radius 3 is 2.62 bits per heavy atom. The minimum atomic E-state index is 0.744. The molecular weight excluding hydrogens is 398 g/mol. The molecule has 1 aliphatic heterocycles. The fraction of sp³-hybridized carbons (Fsp3) is 0.0417. The molecule has 0 radical (unpaired) electrons. The molecule has 5 heteroatoms. The second kappa shape index (κ2) is 6.76. The minimum Gasteiger partial charge on any atom is -0.333 e. The summed E-state index contributed by atoms with van der Waals surface area (Å²) in [5.41, 5.74) is 5.12. The van der Waals surface area contributed by atoms with Crippen LogP contribution < -0.4 is 10.2 Å². The molecule has 0 unspecified atom stereocenters. The van der Waals surface area contributed by atoms with Crippen LogP contribution in [0.5, 0.6) is 0 Å². The first-order chi connectivity index (χ1) is 14.1. The van der Waals surface area contributed by atoms with E-state index in [0.29, 0.717) is 0 Å². The molecule has 0 fully saturated rings. The lowest BCUT2D eigenvalue weighted by molar-refractivity contribution is 1.15. The Hall–Kier alpha value is -3.08. The van der Waals surface area contributed by atoms with Crippen LogP contribution in [0.15, 0.2) is 79.9 Å². The van der Waals surface area contributed by atoms with Gasteiger partial charge in [-0.3, -0.25) is 9.88 Å². The number of thiophene rings is 1. The van der Waals surface area contributed by atoms with Crippen molar-refractivity contribution >= 4 is 50.1 Å². The summed E-state index contributed by atoms with van der Waals surface area (Å²) in [4.78, 5) is 7.62. The quantitative estimate of drug-likeness (QED) is 0.372. The summed E-state index contributed by atoms with van der Waals surface area (Å²) in [5.74, 6) is 0.757. The molecule has 2 aromatic heterocycles. The van der Waals surface area contributed by atoms with Crippen molar-refractivity contribution in [1.82, 2.24) is 4.98 Å². The zero-order valence-corrected chi connectivity index (χ0v) is 17.4. The number of rotatable bonds is 2. The average Bonchev–Trinajstić information content (AvgIpc) is 3.04. The van der Waals surface area contributed by atoms with Crippen LogP contribution in [0.2, 0.25) is 5.02 Å². The van der Waals surface area contributed by atoms with Gasteiger partial charge in [0.15, 0.2) is 0 Å². The Kier molecular flexibility index (Phi) is 4.19. The molecule has 0 spiro atoms. The van der Waals surface area contributed by atoms with Gasteiger partial charge in [0.1, 0.15) is 10.8 Å². The van der Waals surface area contributed by atoms with E-state index >= 15 is 0 Å². The normalized spacial score (nSPS) is 13.5. The molecular formula is C24H18ClN3S. The van der Waals surface area contributed by atoms with Crippen LogP contribution >= 0.6 is 22.9 Å². The van der Waals surface area contributed by atoms with Gasteiger partial charge >= 0.3 is 0 Å². The van der Waals surface area contributed by atoms with Gasteiger partial charge in [0.2, 0.25) is 0 Å². The molecule has 4 aromatic rings. The number of nitrogens with one attached hydrogen (secondary N) is 1. The Morgan fingerprint density at radius 2 is 1.79 bits per heavy atom. The summed E-state index contributed by atoms with van der Waals surface area (Å²) in [6.45, 7) is 10.8. The highest BCUT2D eigenvalue weighted by molar-refractivity contribution is 7.20. The maximum absolute atomic E-state index is 6.48. The van der Waals surface area contributed by atoms with Crippen molar-refractivity contribution in [1.29, 1.82) is 0 Å². The van der Waals surface area contributed by atoms with Gasteiger partial charge in [0.05, 0.1) is 17.6 Å². The predicted octanol–water partition coefficient (Wildman–Crippen LogP) is 7.30. The second-order valence-corrected chi connectivity index (χ2v) is 8.40. The van der Waals surface area contributed by atoms with Crippen LogP contribution in [0.3, 0.4) is 0 Å². The van der Waals surface area contributed by atoms with Crippen molar-refractivity contribution in [3.05, 3.63) is 96.1 Å². The lowest BCUT2D eigenvalue weighted by Crippen LogP contribution is -2.29. The van der Waals surface area contributed by atoms with Gasteiger partial charge in [-0.25, -0.2) is 0 Å². The molecule has 3 heterocycles. The number of aromatic nitrogens is 1. The van der Waals surface area contributed by atoms with E-state index in [9.17, 15) is 0 Å². The van der Waals surface area contributed by atoms with Crippen molar-refractivity contribution < 1.29 is 0 Å². The van der Waals surface area contributed by atoms with E-state index in [2.05, 4.69) is 48.6 Å². The SMILES string of the molecule is C=C1Nc2sc(-c3ccccc3Cl)c(C)c2C(=C)N1c1cncc2ccccc12. The molecule has 142 valence electrons. The Balaban J connectivity index is 1.67. The number of hydrogen-bond acceptors (Lipinski definition) is 4. The highest BCUT2D eigenvalue weighted by Crippen LogP contribution is 2.49. The smallest absolute Gasteiger partial charge is 0.108 e. The number of benzene rings is 2. The molecule has 0 bridgehead atoms. The Labute approximate surface area is 178 Å². The summed E-state index contributed by atoms with van der Waals surface area (Å²) in [6.07, 6.45) is 3.74. The monoisotopic (exact) mass is 415 g/mol. The van der Waals surface area contributed by atoms with Crippen molar-refractivity contribution in [2.75, 3.05) is 10.2 Å². The summed E-state index contributed by atoms with van der Waals surface area (Å²) in [6, 6.07) is 16.1. The highest BCUT2D eigenvalue weighted by Gasteiger charge is 2.30. The van der Waals surface area contributed by atoms with Crippen molar-refractivity contribution in [2.45, 2.75) is 6.92 Å². The van der Waals surface area contributed by atoms with Crippen LogP contribution in [0.4, 0.5) is 10.7 Å². The van der Waals surface area contributed by atoms with Crippen LogP contribution in [0.25, 0.3) is 26.9 Å². The first-order valence-electron chi connectivity index (χ1n) is 9.22. The van der Waals surface area contributed by atoms with Gasteiger partial charge in [-0.15, -0.1) is 11.3 Å². The summed E-state index contributed by atoms with van der Waals surface area (Å²) < 4.78 is 0. The number of nitrogens with zero attached hydrogens (tertiary/aromatic N) is 2. The van der Waals surface area contributed by atoms with Crippen molar-refractivity contribution in [2.24, 2.45) is 0 Å². The summed E-state index contributed by atoms with van der Waals surface area (Å²) in [7, 11) is 0. The van der Waals surface area contributed by atoms with Crippen LogP contribution in [0.1, 0.15) is 11.1 Å². The molecule has 1 aliphatic rings. The molecule has 0 saturated heterocycles. The third-order valence-corrected chi connectivity index (χ3v) is 6.81. The van der Waals surface area contributed by atoms with E-state index in [-0.39, 0.29) is 0 Å². The predicted molar refractivity (Wildman–Crippen MR) is 126 cm³/mol. The number of halogens is 1. The van der Waals surface area contributed by atoms with Crippen LogP contribution in [-0.4, -0.2) is 4.98 Å². The van der Waals surface area contributed by atoms with Gasteiger partial charge in [-0.05, 0) is 18.6 Å². The lowest BCUT2D eigenvalue weighted by Gasteiger charge is -2.34. The van der Waals surface area contributed by atoms with Gasteiger partial charge in [-0.2, -0.15) is 0 Å². The highest BCUT2D eigenvalue weighted by atomic mass is 35.5. The average molecular weight is 416 g/mol. The van der Waals surface area contributed by atoms with Crippen LogP contribution in [0, 0.1) is 6.92 Å². The van der Waals surface area contributed by atoms with Gasteiger partial charge in [-0.1, -0.05) is 67.2 Å². The Bertz CT molecular complexity index is 1300. The second-order valence-electron chi connectivity index (χ2n) is 6.97. The van der Waals surface area contributed by atoms with E-state index in [0.717, 1.165) is 59.6 Å². The van der Waals surface area contributed by atoms with Gasteiger partial charge in [0, 0.05) is 38.0 Å². The fourth-order valence-electron chi connectivity index (χ4n) is 3.88. The molecule has 5 rings (SSSR count). The Morgan fingerprint density at radius 1 is 1.03 bits per heavy atom. The molecule has 2 aromatic carbocycles. The number of anilines is 2. The topological polar surface area (TPSA) is 28.2 Å². The molecule has 0 saturated carbocycles. The lowest BCUT2D eigenvalue weighted by atomic mass is 10.0. The molecule has 0 amide bonds. The van der Waals surface area contributed by atoms with E-state index in [4.69, 9.17) is 11.6 Å². The third kappa shape index (κ3) is 2.76. The van der Waals surface area contributed by atoms with Crippen LogP contribution in [-0.2, 0) is 0 Å². The van der Waals surface area contributed by atoms with Gasteiger partial charge < -0.3 is 5.32 Å². The first kappa shape index (κ1) is 18.0. The molecule has 3 nitrogen and oxygen atoms in total. The van der Waals surface area contributed by atoms with E-state index in [1.165, 1.54) is 0 Å². The maximum Gasteiger partial charge on any atom is 0.108 e. The standard InChI is InChI=1S/C24H18ClN3S/c1-14-22-15(2)28(21-13-26-12-17-8-4-5-9-18(17)21)16(3)27-24(22)29-23(14)19-10-6-7-11-20(19)25/h4-13,27H,2-3H2,1H3. The zero-order chi connectivity index (χ0) is 20.1. The van der Waals surface area contributed by atoms with E-state index in [1.807, 2.05) is 47.6 Å². The number of hydrogen-bond donors (Lipinski definition) is 1. The largest absolute Gasteiger partial charge is 0.333 e. The zero-order valence-electron chi connectivity index (χ0n) is 15.9. The molecule has 1 N–H and O–H groups in total. The molecule has 0 aliphatic carbocycles. The summed E-state index contributed by atoms with van der Waals surface area (Å²) in [5, 5.41) is 7.44. The van der Waals surface area contributed by atoms with Gasteiger partial charge in [0.25, 0.3) is 0 Å². The van der Waals surface area contributed by atoms with Crippen molar-refractivity contribution in [3.8, 4) is 10.4 Å². The minimum absolute atomic E-state index is 0.744. The number of fused-ring (bicyclic) bond motifs is 2. The van der Waals surface area contributed by atoms with E-state index < -0.39 is 0 Å². The molecule has 0 atom stereocenters.